The van der Waals surface area contributed by atoms with E-state index >= 15 is 0 Å². The van der Waals surface area contributed by atoms with Gasteiger partial charge in [0.2, 0.25) is 0 Å². The second kappa shape index (κ2) is 9.78. The summed E-state index contributed by atoms with van der Waals surface area (Å²) in [6, 6.07) is 0. The van der Waals surface area contributed by atoms with Crippen LogP contribution in [0.1, 0.15) is 58.8 Å². The maximum Gasteiger partial charge on any atom is 0.157 e. The molecule has 124 valence electrons. The Labute approximate surface area is 129 Å². The second-order valence-electron chi connectivity index (χ2n) is 6.41. The van der Waals surface area contributed by atoms with E-state index in [2.05, 4.69) is 13.8 Å². The van der Waals surface area contributed by atoms with E-state index in [1.54, 1.807) is 0 Å². The molecule has 0 unspecified atom stereocenters. The van der Waals surface area contributed by atoms with Gasteiger partial charge >= 0.3 is 0 Å². The van der Waals surface area contributed by atoms with Crippen LogP contribution >= 0.6 is 0 Å². The summed E-state index contributed by atoms with van der Waals surface area (Å²) in [6.07, 6.45) is 8.07. The van der Waals surface area contributed by atoms with E-state index < -0.39 is 0 Å². The third-order valence-corrected chi connectivity index (χ3v) is 4.43. The molecular formula is C17H32O4. The van der Waals surface area contributed by atoms with Crippen LogP contribution in [0.25, 0.3) is 0 Å². The van der Waals surface area contributed by atoms with Crippen molar-refractivity contribution in [3.05, 3.63) is 0 Å². The van der Waals surface area contributed by atoms with E-state index in [-0.39, 0.29) is 12.6 Å². The zero-order valence-electron chi connectivity index (χ0n) is 13.7. The first kappa shape index (κ1) is 17.2. The third-order valence-electron chi connectivity index (χ3n) is 4.43. The van der Waals surface area contributed by atoms with Crippen LogP contribution in [0.15, 0.2) is 0 Å². The molecule has 4 heteroatoms. The highest BCUT2D eigenvalue weighted by molar-refractivity contribution is 4.67. The zero-order chi connectivity index (χ0) is 14.9. The van der Waals surface area contributed by atoms with Gasteiger partial charge in [-0.15, -0.1) is 0 Å². The van der Waals surface area contributed by atoms with Crippen molar-refractivity contribution in [1.82, 2.24) is 0 Å². The van der Waals surface area contributed by atoms with Gasteiger partial charge in [0.05, 0.1) is 26.4 Å². The highest BCUT2D eigenvalue weighted by atomic mass is 16.7. The van der Waals surface area contributed by atoms with Crippen LogP contribution in [0.3, 0.4) is 0 Å². The minimum absolute atomic E-state index is 0.00677. The van der Waals surface area contributed by atoms with E-state index in [1.165, 1.54) is 25.7 Å². The summed E-state index contributed by atoms with van der Waals surface area (Å²) in [5.74, 6) is 1.08. The van der Waals surface area contributed by atoms with Crippen molar-refractivity contribution < 1.29 is 18.9 Å². The van der Waals surface area contributed by atoms with Gasteiger partial charge < -0.3 is 18.9 Å². The molecule has 2 heterocycles. The molecule has 0 N–H and O–H groups in total. The van der Waals surface area contributed by atoms with E-state index in [1.807, 2.05) is 0 Å². The largest absolute Gasteiger partial charge is 0.352 e. The number of unbranched alkanes of at least 4 members (excludes halogenated alkanes) is 2. The Morgan fingerprint density at radius 2 is 1.24 bits per heavy atom. The third kappa shape index (κ3) is 6.23. The molecule has 0 aromatic carbocycles. The second-order valence-corrected chi connectivity index (χ2v) is 6.41. The monoisotopic (exact) mass is 300 g/mol. The van der Waals surface area contributed by atoms with E-state index in [9.17, 15) is 0 Å². The van der Waals surface area contributed by atoms with Gasteiger partial charge in [-0.3, -0.25) is 0 Å². The molecule has 0 aliphatic carbocycles. The summed E-state index contributed by atoms with van der Waals surface area (Å²) in [5.41, 5.74) is 0. The van der Waals surface area contributed by atoms with Crippen LogP contribution in [-0.2, 0) is 18.9 Å². The minimum Gasteiger partial charge on any atom is -0.352 e. The molecule has 0 bridgehead atoms. The smallest absolute Gasteiger partial charge is 0.157 e. The lowest BCUT2D eigenvalue weighted by atomic mass is 10.0. The summed E-state index contributed by atoms with van der Waals surface area (Å²) >= 11 is 0. The molecule has 0 saturated carbocycles. The first-order valence-electron chi connectivity index (χ1n) is 8.78. The fourth-order valence-corrected chi connectivity index (χ4v) is 2.96. The number of rotatable bonds is 8. The van der Waals surface area contributed by atoms with Crippen LogP contribution in [0.2, 0.25) is 0 Å². The number of ether oxygens (including phenoxy) is 4. The van der Waals surface area contributed by atoms with Gasteiger partial charge in [0.25, 0.3) is 0 Å². The van der Waals surface area contributed by atoms with E-state index in [4.69, 9.17) is 18.9 Å². The first-order valence-corrected chi connectivity index (χ1v) is 8.78. The van der Waals surface area contributed by atoms with Crippen LogP contribution in [0.4, 0.5) is 0 Å². The van der Waals surface area contributed by atoms with E-state index in [0.717, 1.165) is 45.7 Å². The molecule has 0 atom stereocenters. The van der Waals surface area contributed by atoms with Gasteiger partial charge in [-0.25, -0.2) is 0 Å². The lowest BCUT2D eigenvalue weighted by molar-refractivity contribution is -0.218. The molecule has 0 spiro atoms. The highest BCUT2D eigenvalue weighted by Crippen LogP contribution is 2.23. The van der Waals surface area contributed by atoms with Crippen LogP contribution in [-0.4, -0.2) is 39.0 Å². The van der Waals surface area contributed by atoms with E-state index in [0.29, 0.717) is 11.8 Å². The Morgan fingerprint density at radius 1 is 0.667 bits per heavy atom. The summed E-state index contributed by atoms with van der Waals surface area (Å²) in [6.45, 7) is 7.68. The van der Waals surface area contributed by atoms with Gasteiger partial charge in [-0.2, -0.15) is 0 Å². The summed E-state index contributed by atoms with van der Waals surface area (Å²) in [5, 5.41) is 0. The van der Waals surface area contributed by atoms with Crippen molar-refractivity contribution in [2.24, 2.45) is 11.8 Å². The fourth-order valence-electron chi connectivity index (χ4n) is 2.96. The number of hydrogen-bond acceptors (Lipinski definition) is 4. The van der Waals surface area contributed by atoms with Gasteiger partial charge in [-0.05, 0) is 25.7 Å². The van der Waals surface area contributed by atoms with Crippen molar-refractivity contribution in [3.63, 3.8) is 0 Å². The first-order chi connectivity index (χ1) is 10.3. The predicted octanol–water partition coefficient (Wildman–Crippen LogP) is 3.74. The van der Waals surface area contributed by atoms with Gasteiger partial charge in [0, 0.05) is 11.8 Å². The lowest BCUT2D eigenvalue weighted by Crippen LogP contribution is -2.35. The van der Waals surface area contributed by atoms with Crippen LogP contribution in [0.5, 0.6) is 0 Å². The Morgan fingerprint density at radius 3 is 1.81 bits per heavy atom. The summed E-state index contributed by atoms with van der Waals surface area (Å²) in [7, 11) is 0. The molecule has 4 nitrogen and oxygen atoms in total. The Hall–Kier alpha value is -0.160. The molecule has 2 rings (SSSR count). The van der Waals surface area contributed by atoms with Crippen molar-refractivity contribution in [1.29, 1.82) is 0 Å². The highest BCUT2D eigenvalue weighted by Gasteiger charge is 2.25. The average molecular weight is 300 g/mol. The van der Waals surface area contributed by atoms with Gasteiger partial charge in [0.15, 0.2) is 12.6 Å². The van der Waals surface area contributed by atoms with Gasteiger partial charge in [0.1, 0.15) is 0 Å². The SMILES string of the molecule is CCCCCC1COC(CCC2COC(CC)OC2)OC1. The Kier molecular flexibility index (Phi) is 8.01. The quantitative estimate of drug-likeness (QED) is 0.640. The maximum absolute atomic E-state index is 5.85. The van der Waals surface area contributed by atoms with Crippen molar-refractivity contribution >= 4 is 0 Å². The van der Waals surface area contributed by atoms with Gasteiger partial charge in [-0.1, -0.05) is 33.1 Å². The average Bonchev–Trinajstić information content (AvgIpc) is 2.55. The fraction of sp³-hybridized carbons (Fsp3) is 1.00. The predicted molar refractivity (Wildman–Crippen MR) is 82.0 cm³/mol. The molecule has 2 aliphatic heterocycles. The van der Waals surface area contributed by atoms with Crippen molar-refractivity contribution in [3.8, 4) is 0 Å². The maximum atomic E-state index is 5.85. The molecular weight excluding hydrogens is 268 g/mol. The lowest BCUT2D eigenvalue weighted by Gasteiger charge is -2.32. The molecule has 2 fully saturated rings. The number of hydrogen-bond donors (Lipinski definition) is 0. The Bertz CT molecular complexity index is 256. The van der Waals surface area contributed by atoms with Crippen LogP contribution in [0, 0.1) is 11.8 Å². The van der Waals surface area contributed by atoms with Crippen LogP contribution < -0.4 is 0 Å². The Balaban J connectivity index is 1.53. The molecule has 21 heavy (non-hydrogen) atoms. The zero-order valence-corrected chi connectivity index (χ0v) is 13.7. The molecule has 2 aliphatic rings. The normalized spacial score (nSPS) is 34.0. The minimum atomic E-state index is -0.0173. The van der Waals surface area contributed by atoms with Crippen molar-refractivity contribution in [2.75, 3.05) is 26.4 Å². The standard InChI is InChI=1S/C17H32O4/c1-3-5-6-7-14-10-20-17(21-11-14)9-8-15-12-18-16(4-2)19-13-15/h14-17H,3-13H2,1-2H3. The molecule has 2 saturated heterocycles. The topological polar surface area (TPSA) is 36.9 Å². The molecule has 0 aromatic rings. The molecule has 0 amide bonds. The summed E-state index contributed by atoms with van der Waals surface area (Å²) in [4.78, 5) is 0. The van der Waals surface area contributed by atoms with Crippen molar-refractivity contribution in [2.45, 2.75) is 71.4 Å². The summed E-state index contributed by atoms with van der Waals surface area (Å²) < 4.78 is 23.0. The molecule has 0 aromatic heterocycles. The molecule has 0 radical (unpaired) electrons.